The highest BCUT2D eigenvalue weighted by atomic mass is 79.9. The van der Waals surface area contributed by atoms with Gasteiger partial charge in [0.15, 0.2) is 11.2 Å². The second-order valence-corrected chi connectivity index (χ2v) is 12.8. The molecule has 5 heteroatoms. The Bertz CT molecular complexity index is 1330. The molecule has 3 atom stereocenters. The van der Waals surface area contributed by atoms with Crippen molar-refractivity contribution in [1.82, 2.24) is 0 Å². The number of para-hydroxylation sites is 1. The maximum absolute atomic E-state index is 15.1. The summed E-state index contributed by atoms with van der Waals surface area (Å²) in [6.45, 7) is 0. The van der Waals surface area contributed by atoms with Gasteiger partial charge in [0.2, 0.25) is 0 Å². The van der Waals surface area contributed by atoms with Crippen LogP contribution in [0.5, 0.6) is 0 Å². The monoisotopic (exact) mass is 537 g/mol. The fourth-order valence-corrected chi connectivity index (χ4v) is 9.45. The van der Waals surface area contributed by atoms with E-state index in [4.69, 9.17) is 0 Å². The zero-order valence-corrected chi connectivity index (χ0v) is 21.7. The maximum Gasteiger partial charge on any atom is 0.176 e. The standard InChI is InChI=1S/C31H28BrN3O/c32-24-6-3-5-23(13-24)27-28(29(36)30-14-19-10-20(15-30)12-21(11-19)16-30)35-25-7-2-1-4-22(25)8-9-26(35)31(27,17-33)18-34/h1-9,13,19-21,26-28H,10-12,14-16H2. The number of carbonyl (C=O) groups excluding carboxylic acids is 1. The van der Waals surface area contributed by atoms with Gasteiger partial charge in [0.1, 0.15) is 0 Å². The van der Waals surface area contributed by atoms with Crippen molar-refractivity contribution in [1.29, 1.82) is 10.5 Å². The molecular weight excluding hydrogens is 510 g/mol. The fraction of sp³-hybridized carbons (Fsp3) is 0.452. The molecule has 0 N–H and O–H groups in total. The average molecular weight is 538 g/mol. The molecule has 8 rings (SSSR count). The smallest absolute Gasteiger partial charge is 0.176 e. The number of hydrogen-bond acceptors (Lipinski definition) is 4. The van der Waals surface area contributed by atoms with Crippen molar-refractivity contribution in [3.05, 3.63) is 70.2 Å². The molecule has 2 aliphatic heterocycles. The molecule has 0 spiro atoms. The summed E-state index contributed by atoms with van der Waals surface area (Å²) in [5.74, 6) is 1.67. The van der Waals surface area contributed by atoms with Crippen molar-refractivity contribution < 1.29 is 4.79 Å². The Morgan fingerprint density at radius 1 is 0.944 bits per heavy atom. The molecule has 0 radical (unpaired) electrons. The van der Waals surface area contributed by atoms with Gasteiger partial charge in [0.05, 0.1) is 24.2 Å². The molecule has 4 saturated carbocycles. The number of halogens is 1. The molecule has 180 valence electrons. The summed E-state index contributed by atoms with van der Waals surface area (Å²) in [5, 5.41) is 21.4. The Hall–Kier alpha value is -2.89. The molecule has 5 fully saturated rings. The Kier molecular flexibility index (Phi) is 4.84. The van der Waals surface area contributed by atoms with Crippen LogP contribution >= 0.6 is 15.9 Å². The normalized spacial score (nSPS) is 36.6. The quantitative estimate of drug-likeness (QED) is 0.440. The van der Waals surface area contributed by atoms with Gasteiger partial charge in [-0.15, -0.1) is 0 Å². The fourth-order valence-electron chi connectivity index (χ4n) is 9.03. The van der Waals surface area contributed by atoms with E-state index in [-0.39, 0.29) is 11.2 Å². The predicted molar refractivity (Wildman–Crippen MR) is 142 cm³/mol. The van der Waals surface area contributed by atoms with Gasteiger partial charge in [0.25, 0.3) is 0 Å². The molecule has 4 aliphatic carbocycles. The molecule has 4 bridgehead atoms. The third-order valence-corrected chi connectivity index (χ3v) is 10.4. The van der Waals surface area contributed by atoms with Gasteiger partial charge in [-0.25, -0.2) is 0 Å². The molecule has 2 heterocycles. The van der Waals surface area contributed by atoms with E-state index in [1.165, 1.54) is 19.3 Å². The number of rotatable bonds is 3. The van der Waals surface area contributed by atoms with Gasteiger partial charge >= 0.3 is 0 Å². The lowest BCUT2D eigenvalue weighted by molar-refractivity contribution is -0.145. The van der Waals surface area contributed by atoms with E-state index in [0.29, 0.717) is 17.8 Å². The minimum atomic E-state index is -1.37. The first-order chi connectivity index (χ1) is 17.5. The molecule has 6 aliphatic rings. The van der Waals surface area contributed by atoms with Crippen LogP contribution in [0.3, 0.4) is 0 Å². The lowest BCUT2D eigenvalue weighted by atomic mass is 9.47. The summed E-state index contributed by atoms with van der Waals surface area (Å²) >= 11 is 3.60. The van der Waals surface area contributed by atoms with Gasteiger partial charge < -0.3 is 4.90 Å². The van der Waals surface area contributed by atoms with Crippen molar-refractivity contribution in [3.8, 4) is 12.1 Å². The van der Waals surface area contributed by atoms with Crippen LogP contribution in [0.25, 0.3) is 6.08 Å². The Labute approximate surface area is 220 Å². The van der Waals surface area contributed by atoms with Crippen LogP contribution < -0.4 is 4.90 Å². The van der Waals surface area contributed by atoms with Crippen molar-refractivity contribution in [2.24, 2.45) is 28.6 Å². The number of carbonyl (C=O) groups is 1. The number of fused-ring (bicyclic) bond motifs is 3. The molecular formula is C31H28BrN3O. The van der Waals surface area contributed by atoms with Crippen LogP contribution in [0.1, 0.15) is 55.6 Å². The molecule has 2 aromatic rings. The topological polar surface area (TPSA) is 67.9 Å². The summed E-state index contributed by atoms with van der Waals surface area (Å²) in [7, 11) is 0. The van der Waals surface area contributed by atoms with Crippen LogP contribution in [0.15, 0.2) is 59.1 Å². The van der Waals surface area contributed by atoms with Gasteiger partial charge in [-0.05, 0) is 85.6 Å². The van der Waals surface area contributed by atoms with E-state index in [9.17, 15) is 10.5 Å². The highest BCUT2D eigenvalue weighted by Crippen LogP contribution is 2.63. The van der Waals surface area contributed by atoms with Crippen molar-refractivity contribution in [3.63, 3.8) is 0 Å². The van der Waals surface area contributed by atoms with Gasteiger partial charge in [0, 0.05) is 21.5 Å². The lowest BCUT2D eigenvalue weighted by Gasteiger charge is -2.57. The number of hydrogen-bond donors (Lipinski definition) is 0. The number of ketones is 1. The number of anilines is 1. The van der Waals surface area contributed by atoms with E-state index in [1.54, 1.807) is 0 Å². The molecule has 36 heavy (non-hydrogen) atoms. The Morgan fingerprint density at radius 2 is 1.61 bits per heavy atom. The lowest BCUT2D eigenvalue weighted by Crippen LogP contribution is -2.56. The summed E-state index contributed by atoms with van der Waals surface area (Å²) < 4.78 is 0.895. The van der Waals surface area contributed by atoms with E-state index >= 15 is 4.79 Å². The first-order valence-corrected chi connectivity index (χ1v) is 14.0. The third-order valence-electron chi connectivity index (χ3n) is 9.95. The highest BCUT2D eigenvalue weighted by molar-refractivity contribution is 9.10. The van der Waals surface area contributed by atoms with E-state index in [1.807, 2.05) is 48.6 Å². The van der Waals surface area contributed by atoms with Crippen molar-refractivity contribution in [2.45, 2.75) is 56.5 Å². The first-order valence-electron chi connectivity index (χ1n) is 13.2. The van der Waals surface area contributed by atoms with Crippen LogP contribution in [-0.2, 0) is 4.79 Å². The molecule has 4 nitrogen and oxygen atoms in total. The second-order valence-electron chi connectivity index (χ2n) is 11.9. The van der Waals surface area contributed by atoms with Crippen LogP contribution in [0.4, 0.5) is 5.69 Å². The number of Topliss-reactive ketones (excluding diaryl/α,β-unsaturated/α-hetero) is 1. The maximum atomic E-state index is 15.1. The van der Waals surface area contributed by atoms with E-state index in [0.717, 1.165) is 40.5 Å². The van der Waals surface area contributed by atoms with Gasteiger partial charge in [-0.3, -0.25) is 4.79 Å². The number of nitrogens with zero attached hydrogens (tertiary/aromatic N) is 3. The van der Waals surface area contributed by atoms with E-state index < -0.39 is 23.4 Å². The first kappa shape index (κ1) is 22.3. The third kappa shape index (κ3) is 2.93. The SMILES string of the molecule is N#CC1(C#N)C(c2cccc(Br)c2)C(C(=O)C23CC4CC(CC(C4)C2)C3)N2c3ccccc3C=CC21. The number of nitriles is 2. The molecule has 1 saturated heterocycles. The van der Waals surface area contributed by atoms with Crippen molar-refractivity contribution in [2.75, 3.05) is 4.90 Å². The minimum absolute atomic E-state index is 0.272. The zero-order valence-electron chi connectivity index (χ0n) is 20.1. The Balaban J connectivity index is 1.45. The van der Waals surface area contributed by atoms with Crippen molar-refractivity contribution >= 4 is 33.5 Å². The van der Waals surface area contributed by atoms with Crippen LogP contribution in [-0.4, -0.2) is 17.9 Å². The van der Waals surface area contributed by atoms with Crippen LogP contribution in [0, 0.1) is 51.2 Å². The summed E-state index contributed by atoms with van der Waals surface area (Å²) in [6, 6.07) is 19.9. The largest absolute Gasteiger partial charge is 0.351 e. The molecule has 2 aromatic carbocycles. The molecule has 0 amide bonds. The predicted octanol–water partition coefficient (Wildman–Crippen LogP) is 6.64. The molecule has 3 unspecified atom stereocenters. The zero-order chi connectivity index (χ0) is 24.7. The highest BCUT2D eigenvalue weighted by Gasteiger charge is 2.66. The summed E-state index contributed by atoms with van der Waals surface area (Å²) in [5.41, 5.74) is 1.19. The molecule has 0 aromatic heterocycles. The van der Waals surface area contributed by atoms with Gasteiger partial charge in [-0.2, -0.15) is 10.5 Å². The van der Waals surface area contributed by atoms with Crippen LogP contribution in [0.2, 0.25) is 0 Å². The summed E-state index contributed by atoms with van der Waals surface area (Å²) in [4.78, 5) is 17.2. The van der Waals surface area contributed by atoms with Gasteiger partial charge in [-0.1, -0.05) is 58.4 Å². The second kappa shape index (κ2) is 7.80. The van der Waals surface area contributed by atoms with E-state index in [2.05, 4.69) is 45.1 Å². The minimum Gasteiger partial charge on any atom is -0.351 e. The average Bonchev–Trinajstić information content (AvgIpc) is 3.18. The summed E-state index contributed by atoms with van der Waals surface area (Å²) in [6.07, 6.45) is 10.7. The number of benzene rings is 2. The Morgan fingerprint density at radius 3 is 2.25 bits per heavy atom.